The summed E-state index contributed by atoms with van der Waals surface area (Å²) in [5, 5.41) is 4.06. The topological polar surface area (TPSA) is 51.1 Å². The molecule has 0 saturated carbocycles. The first-order chi connectivity index (χ1) is 9.08. The van der Waals surface area contributed by atoms with Crippen LogP contribution in [0.3, 0.4) is 0 Å². The van der Waals surface area contributed by atoms with Crippen molar-refractivity contribution < 1.29 is 4.79 Å². The number of hydrogen-bond donors (Lipinski definition) is 1. The Bertz CT molecular complexity index is 686. The van der Waals surface area contributed by atoms with Gasteiger partial charge in [-0.05, 0) is 30.9 Å². The van der Waals surface area contributed by atoms with Crippen molar-refractivity contribution in [2.45, 2.75) is 26.8 Å². The van der Waals surface area contributed by atoms with E-state index in [1.54, 1.807) is 17.7 Å². The normalized spacial score (nSPS) is 10.7. The van der Waals surface area contributed by atoms with Gasteiger partial charge in [-0.25, -0.2) is 0 Å². The van der Waals surface area contributed by atoms with Gasteiger partial charge in [0.2, 0.25) is 0 Å². The lowest BCUT2D eigenvalue weighted by molar-refractivity contribution is 0.0952. The monoisotopic (exact) mass is 258 g/mol. The highest BCUT2D eigenvalue weighted by Gasteiger charge is 2.13. The van der Waals surface area contributed by atoms with Crippen molar-refractivity contribution >= 4 is 16.7 Å². The van der Waals surface area contributed by atoms with Crippen LogP contribution in [0, 0.1) is 6.92 Å². The Kier molecular flexibility index (Phi) is 3.69. The second-order valence-electron chi connectivity index (χ2n) is 4.66. The van der Waals surface area contributed by atoms with Crippen LogP contribution in [0.1, 0.15) is 29.4 Å². The summed E-state index contributed by atoms with van der Waals surface area (Å²) in [6, 6.07) is 7.48. The zero-order valence-electron chi connectivity index (χ0n) is 11.5. The second-order valence-corrected chi connectivity index (χ2v) is 4.66. The third-order valence-electron chi connectivity index (χ3n) is 3.17. The number of benzene rings is 1. The van der Waals surface area contributed by atoms with Crippen LogP contribution in [0.4, 0.5) is 0 Å². The minimum atomic E-state index is -0.229. The first-order valence-electron chi connectivity index (χ1n) is 6.44. The Labute approximate surface area is 112 Å². The molecule has 0 spiro atoms. The molecule has 0 aliphatic rings. The van der Waals surface area contributed by atoms with Crippen LogP contribution < -0.4 is 10.9 Å². The number of aryl methyl sites for hydroxylation is 1. The summed E-state index contributed by atoms with van der Waals surface area (Å²) >= 11 is 0. The molecular weight excluding hydrogens is 240 g/mol. The summed E-state index contributed by atoms with van der Waals surface area (Å²) in [5.41, 5.74) is 1.37. The number of rotatable bonds is 3. The molecule has 100 valence electrons. The Hall–Kier alpha value is -2.10. The van der Waals surface area contributed by atoms with Crippen LogP contribution in [0.15, 0.2) is 29.1 Å². The van der Waals surface area contributed by atoms with Gasteiger partial charge < -0.3 is 9.88 Å². The van der Waals surface area contributed by atoms with Gasteiger partial charge in [0.05, 0.1) is 0 Å². The predicted molar refractivity (Wildman–Crippen MR) is 76.6 cm³/mol. The number of hydrogen-bond acceptors (Lipinski definition) is 2. The fourth-order valence-electron chi connectivity index (χ4n) is 2.22. The van der Waals surface area contributed by atoms with Crippen molar-refractivity contribution in [1.29, 1.82) is 0 Å². The first kappa shape index (κ1) is 13.3. The lowest BCUT2D eigenvalue weighted by atomic mass is 10.1. The number of fused-ring (bicyclic) bond motifs is 1. The van der Waals surface area contributed by atoms with Gasteiger partial charge >= 0.3 is 0 Å². The van der Waals surface area contributed by atoms with Crippen molar-refractivity contribution in [1.82, 2.24) is 9.88 Å². The van der Waals surface area contributed by atoms with Crippen LogP contribution in [0.5, 0.6) is 0 Å². The molecule has 1 amide bonds. The maximum atomic E-state index is 12.5. The molecule has 1 aromatic carbocycles. The highest BCUT2D eigenvalue weighted by molar-refractivity contribution is 5.96. The maximum absolute atomic E-state index is 12.5. The van der Waals surface area contributed by atoms with Gasteiger partial charge in [-0.1, -0.05) is 24.6 Å². The summed E-state index contributed by atoms with van der Waals surface area (Å²) in [7, 11) is 1.57. The molecule has 2 rings (SSSR count). The Morgan fingerprint density at radius 2 is 2.05 bits per heavy atom. The van der Waals surface area contributed by atoms with E-state index in [9.17, 15) is 9.59 Å². The van der Waals surface area contributed by atoms with E-state index in [2.05, 4.69) is 5.32 Å². The molecule has 2 aromatic rings. The minimum absolute atomic E-state index is 0.0957. The number of carbonyl (C=O) groups is 1. The fourth-order valence-corrected chi connectivity index (χ4v) is 2.22. The third-order valence-corrected chi connectivity index (χ3v) is 3.17. The quantitative estimate of drug-likeness (QED) is 0.916. The number of nitrogens with one attached hydrogen (secondary N) is 1. The van der Waals surface area contributed by atoms with E-state index in [0.29, 0.717) is 17.6 Å². The van der Waals surface area contributed by atoms with Gasteiger partial charge in [0.1, 0.15) is 5.69 Å². The highest BCUT2D eigenvalue weighted by atomic mass is 16.2. The van der Waals surface area contributed by atoms with E-state index in [1.165, 1.54) is 0 Å². The summed E-state index contributed by atoms with van der Waals surface area (Å²) < 4.78 is 1.56. The Morgan fingerprint density at radius 1 is 1.32 bits per heavy atom. The van der Waals surface area contributed by atoms with Gasteiger partial charge in [-0.3, -0.25) is 9.59 Å². The second kappa shape index (κ2) is 5.26. The van der Waals surface area contributed by atoms with Crippen molar-refractivity contribution in [2.24, 2.45) is 0 Å². The van der Waals surface area contributed by atoms with Crippen molar-refractivity contribution in [3.63, 3.8) is 0 Å². The Balaban J connectivity index is 2.81. The number of nitrogens with zero attached hydrogens (tertiary/aromatic N) is 1. The zero-order chi connectivity index (χ0) is 14.0. The maximum Gasteiger partial charge on any atom is 0.267 e. The van der Waals surface area contributed by atoms with Crippen LogP contribution in [0.25, 0.3) is 10.8 Å². The predicted octanol–water partition coefficient (Wildman–Crippen LogP) is 2.08. The molecule has 0 unspecified atom stereocenters. The molecule has 0 saturated heterocycles. The number of amides is 1. The summed E-state index contributed by atoms with van der Waals surface area (Å²) in [5.74, 6) is -0.229. The molecular formula is C15H18N2O2. The molecule has 0 atom stereocenters. The molecule has 0 aliphatic heterocycles. The summed E-state index contributed by atoms with van der Waals surface area (Å²) in [6.45, 7) is 4.49. The highest BCUT2D eigenvalue weighted by Crippen LogP contribution is 2.14. The lowest BCUT2D eigenvalue weighted by Gasteiger charge is -2.12. The number of aromatic nitrogens is 1. The minimum Gasteiger partial charge on any atom is -0.354 e. The van der Waals surface area contributed by atoms with Gasteiger partial charge in [0.25, 0.3) is 11.5 Å². The molecule has 4 heteroatoms. The van der Waals surface area contributed by atoms with Crippen LogP contribution in [-0.4, -0.2) is 17.5 Å². The standard InChI is InChI=1S/C15H18N2O2/c1-4-7-17-13(14(18)16-3)9-11-6-5-10(2)8-12(11)15(17)19/h5-6,8-9H,4,7H2,1-3H3,(H,16,18). The van der Waals surface area contributed by atoms with E-state index >= 15 is 0 Å². The molecule has 0 aliphatic carbocycles. The number of pyridine rings is 1. The molecule has 0 fully saturated rings. The van der Waals surface area contributed by atoms with Crippen LogP contribution in [-0.2, 0) is 6.54 Å². The molecule has 4 nitrogen and oxygen atoms in total. The fraction of sp³-hybridized carbons (Fsp3) is 0.333. The third kappa shape index (κ3) is 2.38. The van der Waals surface area contributed by atoms with E-state index in [0.717, 1.165) is 17.4 Å². The van der Waals surface area contributed by atoms with E-state index in [4.69, 9.17) is 0 Å². The first-order valence-corrected chi connectivity index (χ1v) is 6.44. The SMILES string of the molecule is CCCn1c(C(=O)NC)cc2ccc(C)cc2c1=O. The van der Waals surface area contributed by atoms with Gasteiger partial charge in [0.15, 0.2) is 0 Å². The number of carbonyl (C=O) groups excluding carboxylic acids is 1. The van der Waals surface area contributed by atoms with Gasteiger partial charge in [-0.15, -0.1) is 0 Å². The van der Waals surface area contributed by atoms with E-state index < -0.39 is 0 Å². The van der Waals surface area contributed by atoms with Crippen LogP contribution >= 0.6 is 0 Å². The van der Waals surface area contributed by atoms with Gasteiger partial charge in [-0.2, -0.15) is 0 Å². The average molecular weight is 258 g/mol. The van der Waals surface area contributed by atoms with Crippen molar-refractivity contribution in [2.75, 3.05) is 7.05 Å². The smallest absolute Gasteiger partial charge is 0.267 e. The Morgan fingerprint density at radius 3 is 2.68 bits per heavy atom. The molecule has 19 heavy (non-hydrogen) atoms. The molecule has 0 radical (unpaired) electrons. The van der Waals surface area contributed by atoms with Crippen molar-refractivity contribution in [3.8, 4) is 0 Å². The van der Waals surface area contributed by atoms with E-state index in [1.807, 2.05) is 32.0 Å². The summed E-state index contributed by atoms with van der Waals surface area (Å²) in [6.07, 6.45) is 0.807. The van der Waals surface area contributed by atoms with Gasteiger partial charge in [0, 0.05) is 19.0 Å². The zero-order valence-corrected chi connectivity index (χ0v) is 11.5. The molecule has 0 bridgehead atoms. The van der Waals surface area contributed by atoms with Crippen molar-refractivity contribution in [3.05, 3.63) is 45.9 Å². The molecule has 1 N–H and O–H groups in total. The van der Waals surface area contributed by atoms with E-state index in [-0.39, 0.29) is 11.5 Å². The lowest BCUT2D eigenvalue weighted by Crippen LogP contribution is -2.30. The van der Waals surface area contributed by atoms with Crippen LogP contribution in [0.2, 0.25) is 0 Å². The summed E-state index contributed by atoms with van der Waals surface area (Å²) in [4.78, 5) is 24.4. The molecule has 1 aromatic heterocycles. The average Bonchev–Trinajstić information content (AvgIpc) is 2.41. The molecule has 1 heterocycles. The largest absolute Gasteiger partial charge is 0.354 e.